The third-order valence-electron chi connectivity index (χ3n) is 7.87. The van der Waals surface area contributed by atoms with Crippen LogP contribution in [0, 0.1) is 11.8 Å². The minimum atomic E-state index is -4.71. The van der Waals surface area contributed by atoms with Crippen molar-refractivity contribution in [3.8, 4) is 0 Å². The molecule has 2 bridgehead atoms. The summed E-state index contributed by atoms with van der Waals surface area (Å²) in [5.74, 6) is -2.62. The van der Waals surface area contributed by atoms with Gasteiger partial charge in [-0.1, -0.05) is 67.1 Å². The summed E-state index contributed by atoms with van der Waals surface area (Å²) in [4.78, 5) is 28.8. The maximum absolute atomic E-state index is 14.0. The van der Waals surface area contributed by atoms with E-state index in [1.807, 2.05) is 55.5 Å². The number of amides is 2. The highest BCUT2D eigenvalue weighted by molar-refractivity contribution is 6.31. The number of hydrogen-bond donors (Lipinski definition) is 0. The zero-order chi connectivity index (χ0) is 24.0. The molecule has 34 heavy (non-hydrogen) atoms. The van der Waals surface area contributed by atoms with Gasteiger partial charge in [0.1, 0.15) is 0 Å². The third-order valence-corrected chi connectivity index (χ3v) is 8.19. The van der Waals surface area contributed by atoms with Gasteiger partial charge in [0, 0.05) is 11.3 Å². The molecular formula is C27H19ClF3NO2. The Kier molecular flexibility index (Phi) is 4.38. The Balaban J connectivity index is 1.58. The van der Waals surface area contributed by atoms with E-state index in [2.05, 4.69) is 0 Å². The fraction of sp³-hybridized carbons (Fsp3) is 0.259. The average molecular weight is 482 g/mol. The number of anilines is 1. The van der Waals surface area contributed by atoms with Gasteiger partial charge >= 0.3 is 6.18 Å². The van der Waals surface area contributed by atoms with Crippen LogP contribution in [-0.4, -0.2) is 11.8 Å². The zero-order valence-electron chi connectivity index (χ0n) is 18.1. The first kappa shape index (κ1) is 21.4. The van der Waals surface area contributed by atoms with Gasteiger partial charge in [-0.3, -0.25) is 9.59 Å². The van der Waals surface area contributed by atoms with E-state index in [4.69, 9.17) is 11.6 Å². The summed E-state index contributed by atoms with van der Waals surface area (Å²) >= 11 is 5.80. The Hall–Kier alpha value is -3.12. The summed E-state index contributed by atoms with van der Waals surface area (Å²) < 4.78 is 40.6. The van der Waals surface area contributed by atoms with Crippen molar-refractivity contribution in [3.63, 3.8) is 0 Å². The molecule has 1 aliphatic heterocycles. The normalized spacial score (nSPS) is 27.0. The summed E-state index contributed by atoms with van der Waals surface area (Å²) in [5.41, 5.74) is 2.18. The van der Waals surface area contributed by atoms with Crippen molar-refractivity contribution in [2.75, 3.05) is 4.90 Å². The average Bonchev–Trinajstić information content (AvgIpc) is 3.09. The van der Waals surface area contributed by atoms with Gasteiger partial charge in [0.05, 0.1) is 28.1 Å². The van der Waals surface area contributed by atoms with E-state index in [-0.39, 0.29) is 11.6 Å². The fourth-order valence-electron chi connectivity index (χ4n) is 6.65. The highest BCUT2D eigenvalue weighted by atomic mass is 35.5. The quantitative estimate of drug-likeness (QED) is 0.402. The maximum Gasteiger partial charge on any atom is 0.417 e. The van der Waals surface area contributed by atoms with Gasteiger partial charge < -0.3 is 0 Å². The number of carbonyl (C=O) groups excluding carboxylic acids is 2. The molecule has 0 spiro atoms. The molecule has 172 valence electrons. The number of halogens is 4. The molecule has 0 unspecified atom stereocenters. The molecular weight excluding hydrogens is 463 g/mol. The second-order valence-electron chi connectivity index (χ2n) is 9.15. The highest BCUT2D eigenvalue weighted by Crippen LogP contribution is 2.65. The SMILES string of the molecule is CCC12c3ccccc3C(c3ccccc31)[C@H]1C(=O)N(c3ccc(Cl)c(C(F)(F)F)c3)C(=O)[C@H]12. The van der Waals surface area contributed by atoms with Gasteiger partial charge in [0.2, 0.25) is 11.8 Å². The first-order valence-electron chi connectivity index (χ1n) is 11.1. The number of rotatable bonds is 2. The lowest BCUT2D eigenvalue weighted by atomic mass is 9.46. The summed E-state index contributed by atoms with van der Waals surface area (Å²) in [6.07, 6.45) is -4.13. The summed E-state index contributed by atoms with van der Waals surface area (Å²) in [5, 5.41) is -0.474. The van der Waals surface area contributed by atoms with Gasteiger partial charge in [-0.25, -0.2) is 4.90 Å². The van der Waals surface area contributed by atoms with E-state index >= 15 is 0 Å². The largest absolute Gasteiger partial charge is 0.417 e. The van der Waals surface area contributed by atoms with E-state index in [0.717, 1.165) is 39.3 Å². The molecule has 3 aromatic carbocycles. The van der Waals surface area contributed by atoms with Gasteiger partial charge in [-0.2, -0.15) is 13.2 Å². The van der Waals surface area contributed by atoms with Crippen LogP contribution in [0.4, 0.5) is 18.9 Å². The number of carbonyl (C=O) groups is 2. The van der Waals surface area contributed by atoms with Crippen LogP contribution in [0.25, 0.3) is 0 Å². The van der Waals surface area contributed by atoms with Crippen molar-refractivity contribution in [2.24, 2.45) is 11.8 Å². The first-order valence-corrected chi connectivity index (χ1v) is 11.5. The second-order valence-corrected chi connectivity index (χ2v) is 9.56. The van der Waals surface area contributed by atoms with Crippen molar-refractivity contribution < 1.29 is 22.8 Å². The molecule has 1 heterocycles. The highest BCUT2D eigenvalue weighted by Gasteiger charge is 2.67. The second kappa shape index (κ2) is 6.95. The van der Waals surface area contributed by atoms with Crippen LogP contribution in [0.3, 0.4) is 0 Å². The first-order chi connectivity index (χ1) is 16.2. The van der Waals surface area contributed by atoms with Gasteiger partial charge in [-0.15, -0.1) is 0 Å². The van der Waals surface area contributed by atoms with Crippen molar-refractivity contribution in [3.05, 3.63) is 99.6 Å². The van der Waals surface area contributed by atoms with Crippen LogP contribution in [-0.2, 0) is 21.2 Å². The molecule has 2 amide bonds. The molecule has 7 rings (SSSR count). The van der Waals surface area contributed by atoms with E-state index in [1.165, 1.54) is 6.07 Å². The molecule has 1 saturated heterocycles. The molecule has 4 aliphatic rings. The van der Waals surface area contributed by atoms with E-state index < -0.39 is 45.8 Å². The number of imide groups is 1. The molecule has 0 aromatic heterocycles. The lowest BCUT2D eigenvalue weighted by Gasteiger charge is -2.54. The Labute approximate surface area is 199 Å². The van der Waals surface area contributed by atoms with Crippen molar-refractivity contribution in [1.82, 2.24) is 0 Å². The molecule has 0 radical (unpaired) electrons. The van der Waals surface area contributed by atoms with Crippen molar-refractivity contribution in [2.45, 2.75) is 30.9 Å². The Morgan fingerprint density at radius 1 is 0.912 bits per heavy atom. The Bertz CT molecular complexity index is 1330. The van der Waals surface area contributed by atoms with Gasteiger partial charge in [0.15, 0.2) is 0 Å². The number of benzene rings is 3. The number of hydrogen-bond acceptors (Lipinski definition) is 2. The Morgan fingerprint density at radius 3 is 2.06 bits per heavy atom. The molecule has 3 aromatic rings. The maximum atomic E-state index is 14.0. The predicted molar refractivity (Wildman–Crippen MR) is 122 cm³/mol. The lowest BCUT2D eigenvalue weighted by molar-refractivity contribution is -0.137. The minimum absolute atomic E-state index is 0.0973. The minimum Gasteiger partial charge on any atom is -0.274 e. The van der Waals surface area contributed by atoms with Crippen LogP contribution in [0.2, 0.25) is 5.02 Å². The zero-order valence-corrected chi connectivity index (χ0v) is 18.8. The summed E-state index contributed by atoms with van der Waals surface area (Å²) in [7, 11) is 0. The van der Waals surface area contributed by atoms with Crippen LogP contribution in [0.1, 0.15) is 47.1 Å². The summed E-state index contributed by atoms with van der Waals surface area (Å²) in [6.45, 7) is 2.00. The van der Waals surface area contributed by atoms with Crippen LogP contribution < -0.4 is 4.90 Å². The lowest BCUT2D eigenvalue weighted by Crippen LogP contribution is -2.53. The fourth-order valence-corrected chi connectivity index (χ4v) is 6.88. The third kappa shape index (κ3) is 2.49. The molecule has 0 saturated carbocycles. The van der Waals surface area contributed by atoms with Crippen LogP contribution in [0.15, 0.2) is 66.7 Å². The molecule has 7 heteroatoms. The van der Waals surface area contributed by atoms with Crippen molar-refractivity contribution in [1.29, 1.82) is 0 Å². The molecule has 2 atom stereocenters. The Morgan fingerprint density at radius 2 is 1.50 bits per heavy atom. The molecule has 0 N–H and O–H groups in total. The van der Waals surface area contributed by atoms with E-state index in [1.54, 1.807) is 0 Å². The predicted octanol–water partition coefficient (Wildman–Crippen LogP) is 6.32. The van der Waals surface area contributed by atoms with E-state index in [9.17, 15) is 22.8 Å². The number of nitrogens with zero attached hydrogens (tertiary/aromatic N) is 1. The monoisotopic (exact) mass is 481 g/mol. The van der Waals surface area contributed by atoms with Crippen molar-refractivity contribution >= 4 is 29.1 Å². The summed E-state index contributed by atoms with van der Waals surface area (Å²) in [6, 6.07) is 19.0. The standard InChI is InChI=1S/C27H19ClF3NO2/c1-2-26-17-9-5-3-7-15(17)21(16-8-4-6-10-18(16)26)22-23(26)25(34)32(24(22)33)14-11-12-20(28)19(13-14)27(29,30)31/h3-13,21-23H,2H2,1H3/t21?,22-,23+,26?/m1/s1. The number of alkyl halides is 3. The van der Waals surface area contributed by atoms with Gasteiger partial charge in [0.25, 0.3) is 0 Å². The smallest absolute Gasteiger partial charge is 0.274 e. The van der Waals surface area contributed by atoms with E-state index in [0.29, 0.717) is 6.42 Å². The molecule has 1 fully saturated rings. The van der Waals surface area contributed by atoms with Crippen LogP contribution >= 0.6 is 11.6 Å². The van der Waals surface area contributed by atoms with Gasteiger partial charge in [-0.05, 0) is 46.9 Å². The molecule has 3 aliphatic carbocycles. The van der Waals surface area contributed by atoms with Crippen LogP contribution in [0.5, 0.6) is 0 Å². The molecule has 3 nitrogen and oxygen atoms in total. The topological polar surface area (TPSA) is 37.4 Å².